The topological polar surface area (TPSA) is 70.5 Å². The number of piperidine rings is 2. The lowest BCUT2D eigenvalue weighted by Crippen LogP contribution is -2.53. The lowest BCUT2D eigenvalue weighted by molar-refractivity contribution is 0.0620. The number of carbonyl (C=O) groups excluding carboxylic acids is 1. The van der Waals surface area contributed by atoms with E-state index in [1.54, 1.807) is 6.07 Å². The molecule has 0 aliphatic carbocycles. The van der Waals surface area contributed by atoms with E-state index in [0.29, 0.717) is 18.3 Å². The standard InChI is InChI=1S/C28H38N4O3/c33-21-22-4-3-13-32(20-22)28(35)23-7-9-24(10-8-23)29-14-11-25(12-15-29)30-16-18-31(19-17-30)26-5-1-2-6-27(26)34/h1-2,5-10,22,25,33-34H,3-4,11-21H2/t22-/m1/s1. The Hall–Kier alpha value is -2.77. The number of aliphatic hydroxyl groups excluding tert-OH is 1. The number of rotatable bonds is 5. The predicted octanol–water partition coefficient (Wildman–Crippen LogP) is 3.03. The van der Waals surface area contributed by atoms with Gasteiger partial charge in [0.15, 0.2) is 0 Å². The van der Waals surface area contributed by atoms with Crippen LogP contribution in [0.4, 0.5) is 11.4 Å². The Bertz CT molecular complexity index is 982. The van der Waals surface area contributed by atoms with Crippen LogP contribution in [0.25, 0.3) is 0 Å². The Morgan fingerprint density at radius 2 is 1.54 bits per heavy atom. The maximum atomic E-state index is 12.9. The lowest BCUT2D eigenvalue weighted by atomic mass is 9.98. The third-order valence-electron chi connectivity index (χ3n) is 8.06. The number of hydrogen-bond acceptors (Lipinski definition) is 6. The normalized spacial score (nSPS) is 22.4. The molecular formula is C28H38N4O3. The Morgan fingerprint density at radius 3 is 2.23 bits per heavy atom. The summed E-state index contributed by atoms with van der Waals surface area (Å²) in [6.07, 6.45) is 4.26. The number of likely N-dealkylation sites (tertiary alicyclic amines) is 1. The molecule has 2 aromatic carbocycles. The molecule has 0 bridgehead atoms. The van der Waals surface area contributed by atoms with E-state index in [1.807, 2.05) is 35.2 Å². The number of amides is 1. The Kier molecular flexibility index (Phi) is 7.44. The molecule has 0 radical (unpaired) electrons. The summed E-state index contributed by atoms with van der Waals surface area (Å²) in [5.74, 6) is 0.658. The van der Waals surface area contributed by atoms with E-state index < -0.39 is 0 Å². The quantitative estimate of drug-likeness (QED) is 0.689. The maximum Gasteiger partial charge on any atom is 0.253 e. The van der Waals surface area contributed by atoms with Gasteiger partial charge in [-0.25, -0.2) is 0 Å². The summed E-state index contributed by atoms with van der Waals surface area (Å²) >= 11 is 0. The second-order valence-corrected chi connectivity index (χ2v) is 10.2. The molecule has 1 amide bonds. The summed E-state index contributed by atoms with van der Waals surface area (Å²) in [5.41, 5.74) is 2.87. The number of piperazine rings is 1. The van der Waals surface area contributed by atoms with E-state index in [4.69, 9.17) is 0 Å². The van der Waals surface area contributed by atoms with Gasteiger partial charge in [0.2, 0.25) is 0 Å². The number of para-hydroxylation sites is 2. The zero-order valence-corrected chi connectivity index (χ0v) is 20.6. The van der Waals surface area contributed by atoms with Crippen molar-refractivity contribution in [2.45, 2.75) is 31.7 Å². The summed E-state index contributed by atoms with van der Waals surface area (Å²) in [6.45, 7) is 7.62. The summed E-state index contributed by atoms with van der Waals surface area (Å²) in [4.78, 5) is 22.1. The minimum Gasteiger partial charge on any atom is -0.506 e. The van der Waals surface area contributed by atoms with Crippen molar-refractivity contribution < 1.29 is 15.0 Å². The van der Waals surface area contributed by atoms with Gasteiger partial charge < -0.3 is 24.9 Å². The smallest absolute Gasteiger partial charge is 0.253 e. The van der Waals surface area contributed by atoms with Crippen molar-refractivity contribution in [3.05, 3.63) is 54.1 Å². The van der Waals surface area contributed by atoms with Crippen molar-refractivity contribution in [1.82, 2.24) is 9.80 Å². The summed E-state index contributed by atoms with van der Waals surface area (Å²) in [5, 5.41) is 19.6. The van der Waals surface area contributed by atoms with E-state index >= 15 is 0 Å². The third kappa shape index (κ3) is 5.41. The van der Waals surface area contributed by atoms with Crippen LogP contribution in [0, 0.1) is 5.92 Å². The summed E-state index contributed by atoms with van der Waals surface area (Å²) in [6, 6.07) is 16.3. The highest BCUT2D eigenvalue weighted by Gasteiger charge is 2.29. The Balaban J connectivity index is 1.11. The second kappa shape index (κ2) is 10.9. The zero-order valence-electron chi connectivity index (χ0n) is 20.6. The molecular weight excluding hydrogens is 440 g/mol. The monoisotopic (exact) mass is 478 g/mol. The number of aromatic hydroxyl groups is 1. The van der Waals surface area contributed by atoms with E-state index in [0.717, 1.165) is 82.7 Å². The molecule has 3 aliphatic heterocycles. The van der Waals surface area contributed by atoms with Gasteiger partial charge >= 0.3 is 0 Å². The van der Waals surface area contributed by atoms with Crippen molar-refractivity contribution >= 4 is 17.3 Å². The zero-order chi connectivity index (χ0) is 24.2. The Labute approximate surface area is 208 Å². The van der Waals surface area contributed by atoms with Crippen LogP contribution in [0.2, 0.25) is 0 Å². The largest absolute Gasteiger partial charge is 0.506 e. The van der Waals surface area contributed by atoms with Crippen molar-refractivity contribution in [3.8, 4) is 5.75 Å². The van der Waals surface area contributed by atoms with Gasteiger partial charge in [-0.2, -0.15) is 0 Å². The van der Waals surface area contributed by atoms with Crippen molar-refractivity contribution in [3.63, 3.8) is 0 Å². The van der Waals surface area contributed by atoms with E-state index in [2.05, 4.69) is 26.8 Å². The minimum absolute atomic E-state index is 0.0800. The molecule has 1 atom stereocenters. The molecule has 7 nitrogen and oxygen atoms in total. The van der Waals surface area contributed by atoms with Crippen LogP contribution < -0.4 is 9.80 Å². The van der Waals surface area contributed by atoms with Gasteiger partial charge in [0.05, 0.1) is 5.69 Å². The molecule has 7 heteroatoms. The number of phenolic OH excluding ortho intramolecular Hbond substituents is 1. The first-order valence-electron chi connectivity index (χ1n) is 13.1. The fourth-order valence-electron chi connectivity index (χ4n) is 5.94. The molecule has 5 rings (SSSR count). The second-order valence-electron chi connectivity index (χ2n) is 10.2. The molecule has 188 valence electrons. The minimum atomic E-state index is 0.0800. The molecule has 3 heterocycles. The van der Waals surface area contributed by atoms with Crippen LogP contribution >= 0.6 is 0 Å². The van der Waals surface area contributed by atoms with Gasteiger partial charge in [-0.1, -0.05) is 12.1 Å². The number of benzene rings is 2. The predicted molar refractivity (Wildman–Crippen MR) is 139 cm³/mol. The molecule has 0 spiro atoms. The molecule has 0 unspecified atom stereocenters. The average molecular weight is 479 g/mol. The number of nitrogens with zero attached hydrogens (tertiary/aromatic N) is 4. The van der Waals surface area contributed by atoms with Crippen molar-refractivity contribution in [1.29, 1.82) is 0 Å². The molecule has 0 aromatic heterocycles. The molecule has 3 aliphatic rings. The van der Waals surface area contributed by atoms with Gasteiger partial charge in [0, 0.05) is 76.3 Å². The SMILES string of the molecule is O=C(c1ccc(N2CCC(N3CCN(c4ccccc4O)CC3)CC2)cc1)N1CCC[C@@H](CO)C1. The molecule has 0 saturated carbocycles. The van der Waals surface area contributed by atoms with Crippen LogP contribution in [0.3, 0.4) is 0 Å². The Morgan fingerprint density at radius 1 is 0.829 bits per heavy atom. The van der Waals surface area contributed by atoms with Gasteiger partial charge in [-0.3, -0.25) is 9.69 Å². The number of hydrogen-bond donors (Lipinski definition) is 2. The first-order valence-corrected chi connectivity index (χ1v) is 13.1. The summed E-state index contributed by atoms with van der Waals surface area (Å²) < 4.78 is 0. The molecule has 2 aromatic rings. The molecule has 35 heavy (non-hydrogen) atoms. The van der Waals surface area contributed by atoms with E-state index in [-0.39, 0.29) is 18.4 Å². The van der Waals surface area contributed by atoms with Crippen LogP contribution in [0.5, 0.6) is 5.75 Å². The van der Waals surface area contributed by atoms with Crippen LogP contribution in [-0.4, -0.2) is 90.9 Å². The van der Waals surface area contributed by atoms with E-state index in [1.165, 1.54) is 5.69 Å². The van der Waals surface area contributed by atoms with Crippen molar-refractivity contribution in [2.24, 2.45) is 5.92 Å². The van der Waals surface area contributed by atoms with Crippen molar-refractivity contribution in [2.75, 3.05) is 68.8 Å². The van der Waals surface area contributed by atoms with Gasteiger partial charge in [0.1, 0.15) is 5.75 Å². The lowest BCUT2D eigenvalue weighted by Gasteiger charge is -2.44. The first-order chi connectivity index (χ1) is 17.1. The number of phenols is 1. The highest BCUT2D eigenvalue weighted by molar-refractivity contribution is 5.94. The van der Waals surface area contributed by atoms with Gasteiger partial charge in [0.25, 0.3) is 5.91 Å². The molecule has 2 N–H and O–H groups in total. The molecule has 3 fully saturated rings. The first kappa shape index (κ1) is 23.9. The van der Waals surface area contributed by atoms with E-state index in [9.17, 15) is 15.0 Å². The van der Waals surface area contributed by atoms with Gasteiger partial charge in [-0.05, 0) is 68.0 Å². The van der Waals surface area contributed by atoms with Crippen LogP contribution in [-0.2, 0) is 0 Å². The number of anilines is 2. The highest BCUT2D eigenvalue weighted by Crippen LogP contribution is 2.29. The maximum absolute atomic E-state index is 12.9. The van der Waals surface area contributed by atoms with Gasteiger partial charge in [-0.15, -0.1) is 0 Å². The fraction of sp³-hybridized carbons (Fsp3) is 0.536. The average Bonchev–Trinajstić information content (AvgIpc) is 2.93. The highest BCUT2D eigenvalue weighted by atomic mass is 16.3. The fourth-order valence-corrected chi connectivity index (χ4v) is 5.94. The third-order valence-corrected chi connectivity index (χ3v) is 8.06. The number of aliphatic hydroxyl groups is 1. The molecule has 3 saturated heterocycles. The van der Waals surface area contributed by atoms with Crippen LogP contribution in [0.1, 0.15) is 36.0 Å². The number of carbonyl (C=O) groups is 1. The van der Waals surface area contributed by atoms with Crippen LogP contribution in [0.15, 0.2) is 48.5 Å². The summed E-state index contributed by atoms with van der Waals surface area (Å²) in [7, 11) is 0.